The Hall–Kier alpha value is -4.53. The number of anilines is 1. The van der Waals surface area contributed by atoms with Crippen LogP contribution >= 0.6 is 11.6 Å². The topological polar surface area (TPSA) is 88.5 Å². The number of rotatable bonds is 9. The van der Waals surface area contributed by atoms with Gasteiger partial charge in [0.25, 0.3) is 0 Å². The highest BCUT2D eigenvalue weighted by Gasteiger charge is 2.39. The third kappa shape index (κ3) is 7.41. The lowest BCUT2D eigenvalue weighted by Crippen LogP contribution is -2.44. The van der Waals surface area contributed by atoms with Gasteiger partial charge in [-0.05, 0) is 104 Å². The Morgan fingerprint density at radius 1 is 0.959 bits per heavy atom. The number of carbonyl (C=O) groups excluding carboxylic acids is 2. The average Bonchev–Trinajstić information content (AvgIpc) is 3.10. The van der Waals surface area contributed by atoms with E-state index in [0.717, 1.165) is 27.8 Å². The first-order chi connectivity index (χ1) is 23.5. The van der Waals surface area contributed by atoms with Crippen LogP contribution < -0.4 is 14.4 Å². The third-order valence-electron chi connectivity index (χ3n) is 9.62. The molecule has 0 saturated carbocycles. The Morgan fingerprint density at radius 2 is 1.63 bits per heavy atom. The highest BCUT2D eigenvalue weighted by molar-refractivity contribution is 6.30. The fourth-order valence-electron chi connectivity index (χ4n) is 6.96. The van der Waals surface area contributed by atoms with Crippen molar-refractivity contribution >= 4 is 29.3 Å². The Morgan fingerprint density at radius 3 is 2.27 bits per heavy atom. The molecule has 6 rings (SSSR count). The maximum atomic E-state index is 13.9. The average molecular weight is 683 g/mol. The fourth-order valence-corrected chi connectivity index (χ4v) is 7.08. The van der Waals surface area contributed by atoms with E-state index in [4.69, 9.17) is 25.8 Å². The monoisotopic (exact) mass is 682 g/mol. The molecule has 2 aliphatic heterocycles. The molecule has 9 heteroatoms. The number of methoxy groups -OCH3 is 1. The van der Waals surface area contributed by atoms with E-state index in [2.05, 4.69) is 0 Å². The molecular weight excluding hydrogens is 640 g/mol. The van der Waals surface area contributed by atoms with Crippen molar-refractivity contribution in [2.24, 2.45) is 5.92 Å². The fraction of sp³-hybridized carbons (Fsp3) is 0.350. The zero-order chi connectivity index (χ0) is 34.7. The molecule has 2 heterocycles. The van der Waals surface area contributed by atoms with Crippen molar-refractivity contribution in [3.8, 4) is 11.5 Å². The van der Waals surface area contributed by atoms with Crippen molar-refractivity contribution in [2.75, 3.05) is 25.1 Å². The minimum Gasteiger partial charge on any atom is -0.493 e. The smallest absolute Gasteiger partial charge is 0.410 e. The highest BCUT2D eigenvalue weighted by atomic mass is 35.5. The molecular formula is C40H43ClN2O6. The van der Waals surface area contributed by atoms with Crippen LogP contribution in [0.3, 0.4) is 0 Å². The van der Waals surface area contributed by atoms with E-state index in [-0.39, 0.29) is 37.0 Å². The van der Waals surface area contributed by atoms with E-state index in [1.54, 1.807) is 12.0 Å². The minimum absolute atomic E-state index is 0.0573. The Balaban J connectivity index is 1.22. The number of hydrogen-bond donors (Lipinski definition) is 1. The van der Waals surface area contributed by atoms with Gasteiger partial charge in [-0.3, -0.25) is 4.79 Å². The Labute approximate surface area is 293 Å². The van der Waals surface area contributed by atoms with Crippen molar-refractivity contribution in [3.63, 3.8) is 0 Å². The second-order valence-electron chi connectivity index (χ2n) is 13.3. The number of benzene rings is 4. The van der Waals surface area contributed by atoms with Gasteiger partial charge in [-0.1, -0.05) is 66.2 Å². The van der Waals surface area contributed by atoms with Gasteiger partial charge in [-0.2, -0.15) is 0 Å². The lowest BCUT2D eigenvalue weighted by molar-refractivity contribution is -0.118. The number of aliphatic hydroxyl groups is 1. The summed E-state index contributed by atoms with van der Waals surface area (Å²) in [5.74, 6) is 1.09. The number of nitrogens with zero attached hydrogens (tertiary/aromatic N) is 2. The molecule has 1 saturated heterocycles. The quantitative estimate of drug-likeness (QED) is 0.192. The maximum Gasteiger partial charge on any atom is 0.410 e. The van der Waals surface area contributed by atoms with Gasteiger partial charge in [0.15, 0.2) is 11.5 Å². The molecule has 1 fully saturated rings. The second kappa shape index (κ2) is 14.5. The minimum atomic E-state index is -1.13. The predicted molar refractivity (Wildman–Crippen MR) is 190 cm³/mol. The van der Waals surface area contributed by atoms with E-state index < -0.39 is 11.6 Å². The summed E-state index contributed by atoms with van der Waals surface area (Å²) in [6, 6.07) is 28.2. The molecule has 0 radical (unpaired) electrons. The number of likely N-dealkylation sites (tertiary alicyclic amines) is 1. The van der Waals surface area contributed by atoms with Crippen LogP contribution in [0.2, 0.25) is 5.02 Å². The van der Waals surface area contributed by atoms with Crippen LogP contribution in [-0.4, -0.2) is 48.3 Å². The van der Waals surface area contributed by atoms with Crippen LogP contribution in [0, 0.1) is 5.92 Å². The van der Waals surface area contributed by atoms with Gasteiger partial charge >= 0.3 is 6.09 Å². The van der Waals surface area contributed by atoms with Crippen LogP contribution in [-0.2, 0) is 28.2 Å². The number of halogens is 1. The predicted octanol–water partition coefficient (Wildman–Crippen LogP) is 8.07. The molecule has 4 aromatic rings. The summed E-state index contributed by atoms with van der Waals surface area (Å²) in [7, 11) is 1.60. The first-order valence-corrected chi connectivity index (χ1v) is 17.2. The molecule has 2 amide bonds. The number of ether oxygens (including phenoxy) is 3. The SMILES string of the molecule is COc1cc2c(cc1OC(C)C)C(c1ccc(Cl)cc1)N(c1ccc(C(C)(O)C3CCN(C(=O)OCc4ccccc4)CC3)cc1)C(=O)C2. The summed E-state index contributed by atoms with van der Waals surface area (Å²) in [5.41, 5.74) is 4.01. The molecule has 8 nitrogen and oxygen atoms in total. The zero-order valence-electron chi connectivity index (χ0n) is 28.4. The molecule has 0 bridgehead atoms. The van der Waals surface area contributed by atoms with E-state index in [9.17, 15) is 14.7 Å². The number of piperidine rings is 1. The molecule has 256 valence electrons. The summed E-state index contributed by atoms with van der Waals surface area (Å²) in [6.07, 6.45) is 1.07. The van der Waals surface area contributed by atoms with Gasteiger partial charge in [0.05, 0.1) is 31.3 Å². The van der Waals surface area contributed by atoms with Crippen LogP contribution in [0.15, 0.2) is 91.0 Å². The van der Waals surface area contributed by atoms with Crippen LogP contribution in [0.1, 0.15) is 67.5 Å². The molecule has 0 aromatic heterocycles. The molecule has 1 N–H and O–H groups in total. The summed E-state index contributed by atoms with van der Waals surface area (Å²) in [5, 5.41) is 12.4. The summed E-state index contributed by atoms with van der Waals surface area (Å²) >= 11 is 6.27. The largest absolute Gasteiger partial charge is 0.493 e. The number of amides is 2. The third-order valence-corrected chi connectivity index (χ3v) is 9.87. The van der Waals surface area contributed by atoms with Gasteiger partial charge in [0.1, 0.15) is 6.61 Å². The summed E-state index contributed by atoms with van der Waals surface area (Å²) in [6.45, 7) is 7.00. The van der Waals surface area contributed by atoms with Gasteiger partial charge in [-0.25, -0.2) is 4.79 Å². The lowest BCUT2D eigenvalue weighted by Gasteiger charge is -2.40. The van der Waals surface area contributed by atoms with Crippen molar-refractivity contribution in [3.05, 3.63) is 124 Å². The van der Waals surface area contributed by atoms with Gasteiger partial charge < -0.3 is 29.1 Å². The normalized spacial score (nSPS) is 17.8. The van der Waals surface area contributed by atoms with E-state index in [1.807, 2.05) is 117 Å². The van der Waals surface area contributed by atoms with Crippen molar-refractivity contribution in [1.29, 1.82) is 0 Å². The molecule has 2 aliphatic rings. The number of hydrogen-bond acceptors (Lipinski definition) is 6. The van der Waals surface area contributed by atoms with Gasteiger partial charge in [-0.15, -0.1) is 0 Å². The highest BCUT2D eigenvalue weighted by Crippen LogP contribution is 2.44. The Bertz CT molecular complexity index is 1770. The standard InChI is InChI=1S/C40H43ClN2O6/c1-26(2)49-36-24-34-29(22-35(36)47-4)23-37(44)43(38(34)28-10-14-32(41)15-11-28)33-16-12-30(13-17-33)40(3,46)31-18-20-42(21-19-31)39(45)48-25-27-8-6-5-7-9-27/h5-17,22,24,26,31,38,46H,18-21,23,25H2,1-4H3. The molecule has 49 heavy (non-hydrogen) atoms. The van der Waals surface area contributed by atoms with Crippen molar-refractivity contribution in [1.82, 2.24) is 4.90 Å². The lowest BCUT2D eigenvalue weighted by atomic mass is 9.77. The van der Waals surface area contributed by atoms with Crippen molar-refractivity contribution < 1.29 is 28.9 Å². The summed E-state index contributed by atoms with van der Waals surface area (Å²) in [4.78, 5) is 30.2. The first kappa shape index (κ1) is 34.3. The van der Waals surface area contributed by atoms with E-state index in [0.29, 0.717) is 48.1 Å². The van der Waals surface area contributed by atoms with Crippen molar-refractivity contribution in [2.45, 2.75) is 64.4 Å². The van der Waals surface area contributed by atoms with Crippen LogP contribution in [0.25, 0.3) is 0 Å². The zero-order valence-corrected chi connectivity index (χ0v) is 29.2. The van der Waals surface area contributed by atoms with Gasteiger partial charge in [0.2, 0.25) is 5.91 Å². The first-order valence-electron chi connectivity index (χ1n) is 16.8. The molecule has 2 atom stereocenters. The second-order valence-corrected chi connectivity index (χ2v) is 13.7. The summed E-state index contributed by atoms with van der Waals surface area (Å²) < 4.78 is 17.3. The Kier molecular flexibility index (Phi) is 10.2. The van der Waals surface area contributed by atoms with Gasteiger partial charge in [0, 0.05) is 23.8 Å². The number of fused-ring (bicyclic) bond motifs is 1. The van der Waals surface area contributed by atoms with Crippen LogP contribution in [0.5, 0.6) is 11.5 Å². The van der Waals surface area contributed by atoms with Crippen LogP contribution in [0.4, 0.5) is 10.5 Å². The molecule has 0 spiro atoms. The van der Waals surface area contributed by atoms with E-state index in [1.165, 1.54) is 0 Å². The van der Waals surface area contributed by atoms with E-state index >= 15 is 0 Å². The molecule has 4 aromatic carbocycles. The molecule has 0 aliphatic carbocycles. The number of carbonyl (C=O) groups is 2. The maximum absolute atomic E-state index is 13.9. The molecule has 2 unspecified atom stereocenters.